The van der Waals surface area contributed by atoms with Gasteiger partial charge >= 0.3 is 0 Å². The van der Waals surface area contributed by atoms with Gasteiger partial charge in [0.15, 0.2) is 0 Å². The zero-order valence-electron chi connectivity index (χ0n) is 11.4. The summed E-state index contributed by atoms with van der Waals surface area (Å²) >= 11 is 6.14. The number of benzene rings is 2. The standard InChI is InChI=1S/C17H14ClNO/c1-12-9-15(20-2)8-7-13(12)10-14(11-19)16-5-3-4-6-17(16)18/h3-10H,1-2H3. The van der Waals surface area contributed by atoms with Gasteiger partial charge in [0.2, 0.25) is 0 Å². The van der Waals surface area contributed by atoms with Gasteiger partial charge in [0.25, 0.3) is 0 Å². The lowest BCUT2D eigenvalue weighted by Gasteiger charge is -2.06. The lowest BCUT2D eigenvalue weighted by atomic mass is 10.0. The number of hydrogen-bond acceptors (Lipinski definition) is 2. The van der Waals surface area contributed by atoms with Crippen molar-refractivity contribution in [1.29, 1.82) is 5.26 Å². The van der Waals surface area contributed by atoms with Gasteiger partial charge in [0.05, 0.1) is 18.8 Å². The Morgan fingerprint density at radius 1 is 1.25 bits per heavy atom. The number of allylic oxidation sites excluding steroid dienone is 1. The smallest absolute Gasteiger partial charge is 0.119 e. The molecule has 0 unspecified atom stereocenters. The minimum atomic E-state index is 0.545. The topological polar surface area (TPSA) is 33.0 Å². The third-order valence-electron chi connectivity index (χ3n) is 3.06. The number of nitrogens with zero attached hydrogens (tertiary/aromatic N) is 1. The Hall–Kier alpha value is -2.24. The third-order valence-corrected chi connectivity index (χ3v) is 3.39. The van der Waals surface area contributed by atoms with E-state index in [1.807, 2.05) is 49.4 Å². The normalized spacial score (nSPS) is 11.0. The fraction of sp³-hybridized carbons (Fsp3) is 0.118. The number of rotatable bonds is 3. The molecule has 0 heterocycles. The van der Waals surface area contributed by atoms with Crippen molar-refractivity contribution in [2.45, 2.75) is 6.92 Å². The average molecular weight is 284 g/mol. The molecule has 0 spiro atoms. The molecule has 0 bridgehead atoms. The fourth-order valence-electron chi connectivity index (χ4n) is 1.94. The lowest BCUT2D eigenvalue weighted by molar-refractivity contribution is 0.414. The first kappa shape index (κ1) is 14.2. The van der Waals surface area contributed by atoms with Gasteiger partial charge in [-0.3, -0.25) is 0 Å². The second-order valence-corrected chi connectivity index (χ2v) is 4.78. The zero-order valence-corrected chi connectivity index (χ0v) is 12.1. The maximum atomic E-state index is 9.36. The molecule has 0 saturated carbocycles. The van der Waals surface area contributed by atoms with E-state index < -0.39 is 0 Å². The van der Waals surface area contributed by atoms with E-state index in [0.29, 0.717) is 10.6 Å². The van der Waals surface area contributed by atoms with E-state index in [4.69, 9.17) is 16.3 Å². The molecule has 0 radical (unpaired) electrons. The van der Waals surface area contributed by atoms with E-state index in [0.717, 1.165) is 22.4 Å². The molecular formula is C17H14ClNO. The molecule has 20 heavy (non-hydrogen) atoms. The van der Waals surface area contributed by atoms with Gasteiger partial charge in [-0.05, 0) is 42.3 Å². The highest BCUT2D eigenvalue weighted by atomic mass is 35.5. The molecule has 0 fully saturated rings. The first-order chi connectivity index (χ1) is 9.65. The van der Waals surface area contributed by atoms with Gasteiger partial charge in [-0.2, -0.15) is 5.26 Å². The van der Waals surface area contributed by atoms with Crippen molar-refractivity contribution < 1.29 is 4.74 Å². The summed E-state index contributed by atoms with van der Waals surface area (Å²) in [4.78, 5) is 0. The Morgan fingerprint density at radius 2 is 2.00 bits per heavy atom. The van der Waals surface area contributed by atoms with Crippen LogP contribution in [0.5, 0.6) is 5.75 Å². The molecule has 0 amide bonds. The van der Waals surface area contributed by atoms with Crippen LogP contribution in [0, 0.1) is 18.3 Å². The van der Waals surface area contributed by atoms with Crippen molar-refractivity contribution >= 4 is 23.3 Å². The third kappa shape index (κ3) is 3.01. The van der Waals surface area contributed by atoms with Crippen molar-refractivity contribution in [2.24, 2.45) is 0 Å². The van der Waals surface area contributed by atoms with Crippen LogP contribution in [0.3, 0.4) is 0 Å². The van der Waals surface area contributed by atoms with Crippen molar-refractivity contribution in [2.75, 3.05) is 7.11 Å². The number of methoxy groups -OCH3 is 1. The molecule has 0 aromatic heterocycles. The molecule has 2 nitrogen and oxygen atoms in total. The van der Waals surface area contributed by atoms with Crippen LogP contribution < -0.4 is 4.74 Å². The van der Waals surface area contributed by atoms with Crippen molar-refractivity contribution in [3.05, 3.63) is 64.2 Å². The second-order valence-electron chi connectivity index (χ2n) is 4.37. The number of nitriles is 1. The van der Waals surface area contributed by atoms with Crippen LogP contribution in [0.15, 0.2) is 42.5 Å². The largest absolute Gasteiger partial charge is 0.497 e. The fourth-order valence-corrected chi connectivity index (χ4v) is 2.18. The van der Waals surface area contributed by atoms with E-state index in [1.165, 1.54) is 0 Å². The monoisotopic (exact) mass is 283 g/mol. The molecule has 2 rings (SSSR count). The van der Waals surface area contributed by atoms with Gasteiger partial charge in [-0.15, -0.1) is 0 Å². The van der Waals surface area contributed by atoms with Crippen molar-refractivity contribution in [3.63, 3.8) is 0 Å². The van der Waals surface area contributed by atoms with Crippen LogP contribution in [-0.2, 0) is 0 Å². The maximum absolute atomic E-state index is 9.36. The summed E-state index contributed by atoms with van der Waals surface area (Å²) in [7, 11) is 1.63. The average Bonchev–Trinajstić information content (AvgIpc) is 2.47. The molecule has 0 saturated heterocycles. The van der Waals surface area contributed by atoms with Crippen LogP contribution in [0.2, 0.25) is 5.02 Å². The molecule has 0 N–H and O–H groups in total. The van der Waals surface area contributed by atoms with Crippen LogP contribution in [0.25, 0.3) is 11.6 Å². The summed E-state index contributed by atoms with van der Waals surface area (Å²) in [6.07, 6.45) is 1.84. The van der Waals surface area contributed by atoms with Crippen LogP contribution in [-0.4, -0.2) is 7.11 Å². The Bertz CT molecular complexity index is 698. The first-order valence-corrected chi connectivity index (χ1v) is 6.55. The second kappa shape index (κ2) is 6.27. The summed E-state index contributed by atoms with van der Waals surface area (Å²) in [5, 5.41) is 9.93. The van der Waals surface area contributed by atoms with Gasteiger partial charge in [0, 0.05) is 10.6 Å². The lowest BCUT2D eigenvalue weighted by Crippen LogP contribution is -1.88. The highest BCUT2D eigenvalue weighted by Crippen LogP contribution is 2.27. The SMILES string of the molecule is COc1ccc(C=C(C#N)c2ccccc2Cl)c(C)c1. The van der Waals surface area contributed by atoms with E-state index in [9.17, 15) is 5.26 Å². The van der Waals surface area contributed by atoms with Crippen LogP contribution in [0.4, 0.5) is 0 Å². The van der Waals surface area contributed by atoms with Crippen LogP contribution in [0.1, 0.15) is 16.7 Å². The van der Waals surface area contributed by atoms with E-state index in [1.54, 1.807) is 13.2 Å². The van der Waals surface area contributed by atoms with Gasteiger partial charge < -0.3 is 4.74 Å². The minimum absolute atomic E-state index is 0.545. The molecule has 2 aromatic carbocycles. The quantitative estimate of drug-likeness (QED) is 0.603. The number of ether oxygens (including phenoxy) is 1. The molecule has 0 aliphatic rings. The molecule has 2 aromatic rings. The van der Waals surface area contributed by atoms with E-state index in [2.05, 4.69) is 6.07 Å². The molecule has 0 atom stereocenters. The molecule has 0 aliphatic heterocycles. The minimum Gasteiger partial charge on any atom is -0.497 e. The predicted octanol–water partition coefficient (Wildman–Crippen LogP) is 4.72. The highest BCUT2D eigenvalue weighted by molar-refractivity contribution is 6.32. The predicted molar refractivity (Wildman–Crippen MR) is 82.7 cm³/mol. The Labute approximate surface area is 123 Å². The van der Waals surface area contributed by atoms with E-state index >= 15 is 0 Å². The van der Waals surface area contributed by atoms with Gasteiger partial charge in [0.1, 0.15) is 5.75 Å². The first-order valence-electron chi connectivity index (χ1n) is 6.17. The number of halogens is 1. The molecule has 0 aliphatic carbocycles. The molecule has 3 heteroatoms. The van der Waals surface area contributed by atoms with Gasteiger partial charge in [-0.1, -0.05) is 35.9 Å². The van der Waals surface area contributed by atoms with E-state index in [-0.39, 0.29) is 0 Å². The molecule has 100 valence electrons. The highest BCUT2D eigenvalue weighted by Gasteiger charge is 2.06. The van der Waals surface area contributed by atoms with Crippen molar-refractivity contribution in [1.82, 2.24) is 0 Å². The number of hydrogen-bond donors (Lipinski definition) is 0. The number of aryl methyl sites for hydroxylation is 1. The summed E-state index contributed by atoms with van der Waals surface area (Å²) in [5.74, 6) is 0.802. The summed E-state index contributed by atoms with van der Waals surface area (Å²) in [6, 6.07) is 15.3. The van der Waals surface area contributed by atoms with Crippen LogP contribution >= 0.6 is 11.6 Å². The Morgan fingerprint density at radius 3 is 2.60 bits per heavy atom. The summed E-state index contributed by atoms with van der Waals surface area (Å²) < 4.78 is 5.18. The Balaban J connectivity index is 2.48. The zero-order chi connectivity index (χ0) is 14.5. The van der Waals surface area contributed by atoms with Gasteiger partial charge in [-0.25, -0.2) is 0 Å². The Kier molecular flexibility index (Phi) is 4.45. The van der Waals surface area contributed by atoms with Crippen molar-refractivity contribution in [3.8, 4) is 11.8 Å². The summed E-state index contributed by atoms with van der Waals surface area (Å²) in [6.45, 7) is 1.98. The summed E-state index contributed by atoms with van der Waals surface area (Å²) in [5.41, 5.74) is 3.31. The molecular weight excluding hydrogens is 270 g/mol. The maximum Gasteiger partial charge on any atom is 0.119 e.